The molecule has 1 heterocycles. The molecule has 0 bridgehead atoms. The summed E-state index contributed by atoms with van der Waals surface area (Å²) in [7, 11) is 0. The molecule has 17 heavy (non-hydrogen) atoms. The third-order valence-corrected chi connectivity index (χ3v) is 5.02. The van der Waals surface area contributed by atoms with Crippen LogP contribution in [0.3, 0.4) is 0 Å². The Morgan fingerprint density at radius 1 is 1.47 bits per heavy atom. The summed E-state index contributed by atoms with van der Waals surface area (Å²) in [4.78, 5) is 2.54. The van der Waals surface area contributed by atoms with E-state index in [4.69, 9.17) is 5.73 Å². The molecule has 0 saturated carbocycles. The molecule has 2 unspecified atom stereocenters. The van der Waals surface area contributed by atoms with Gasteiger partial charge >= 0.3 is 0 Å². The summed E-state index contributed by atoms with van der Waals surface area (Å²) < 4.78 is 1.12. The summed E-state index contributed by atoms with van der Waals surface area (Å²) in [6.07, 6.45) is 0. The molecule has 0 radical (unpaired) electrons. The molecule has 2 rings (SSSR count). The Hall–Kier alpha value is -0.0300. The van der Waals surface area contributed by atoms with Crippen molar-refractivity contribution in [2.45, 2.75) is 19.0 Å². The number of rotatable bonds is 3. The Morgan fingerprint density at radius 3 is 2.76 bits per heavy atom. The molecule has 2 N–H and O–H groups in total. The summed E-state index contributed by atoms with van der Waals surface area (Å²) in [6, 6.07) is 9.53. The Kier molecular flexibility index (Phi) is 4.91. The van der Waals surface area contributed by atoms with Crippen LogP contribution < -0.4 is 5.73 Å². The molecule has 1 aliphatic heterocycles. The highest BCUT2D eigenvalue weighted by atomic mass is 79.9. The molecular formula is C13H19BrN2S. The molecule has 0 amide bonds. The maximum Gasteiger partial charge on any atom is 0.0473 e. The summed E-state index contributed by atoms with van der Waals surface area (Å²) in [5.74, 6) is 2.43. The third kappa shape index (κ3) is 3.25. The monoisotopic (exact) mass is 314 g/mol. The normalized spacial score (nSPS) is 23.6. The van der Waals surface area contributed by atoms with Gasteiger partial charge in [-0.3, -0.25) is 4.90 Å². The lowest BCUT2D eigenvalue weighted by Crippen LogP contribution is -2.45. The minimum atomic E-state index is 0.360. The molecular weight excluding hydrogens is 296 g/mol. The van der Waals surface area contributed by atoms with E-state index in [2.05, 4.69) is 52.0 Å². The lowest BCUT2D eigenvalue weighted by Gasteiger charge is -2.39. The van der Waals surface area contributed by atoms with Crippen LogP contribution in [0.1, 0.15) is 18.5 Å². The minimum absolute atomic E-state index is 0.360. The van der Waals surface area contributed by atoms with E-state index in [9.17, 15) is 0 Å². The fraction of sp³-hybridized carbons (Fsp3) is 0.538. The van der Waals surface area contributed by atoms with Crippen LogP contribution in [0.5, 0.6) is 0 Å². The van der Waals surface area contributed by atoms with Crippen LogP contribution in [0.4, 0.5) is 0 Å². The van der Waals surface area contributed by atoms with Crippen molar-refractivity contribution >= 4 is 27.7 Å². The maximum atomic E-state index is 5.98. The van der Waals surface area contributed by atoms with E-state index < -0.39 is 0 Å². The third-order valence-electron chi connectivity index (χ3n) is 3.30. The molecule has 4 heteroatoms. The second kappa shape index (κ2) is 6.23. The SMILES string of the molecule is CC1CSCCN1C(CN)c1ccc(Br)cc1. The van der Waals surface area contributed by atoms with Gasteiger partial charge in [0, 0.05) is 41.2 Å². The Bertz CT molecular complexity index is 355. The molecule has 2 nitrogen and oxygen atoms in total. The summed E-state index contributed by atoms with van der Waals surface area (Å²) in [5.41, 5.74) is 7.30. The summed E-state index contributed by atoms with van der Waals surface area (Å²) in [5, 5.41) is 0. The molecule has 0 aliphatic carbocycles. The zero-order valence-corrected chi connectivity index (χ0v) is 12.5. The number of halogens is 1. The number of nitrogens with zero attached hydrogens (tertiary/aromatic N) is 1. The topological polar surface area (TPSA) is 29.3 Å². The van der Waals surface area contributed by atoms with Gasteiger partial charge < -0.3 is 5.73 Å². The van der Waals surface area contributed by atoms with Gasteiger partial charge in [-0.15, -0.1) is 0 Å². The van der Waals surface area contributed by atoms with Gasteiger partial charge in [-0.1, -0.05) is 28.1 Å². The largest absolute Gasteiger partial charge is 0.329 e. The van der Waals surface area contributed by atoms with Gasteiger partial charge in [0.1, 0.15) is 0 Å². The number of thioether (sulfide) groups is 1. The first kappa shape index (κ1) is 13.4. The number of benzene rings is 1. The van der Waals surface area contributed by atoms with Crippen LogP contribution in [0.15, 0.2) is 28.7 Å². The lowest BCUT2D eigenvalue weighted by atomic mass is 10.0. The minimum Gasteiger partial charge on any atom is -0.329 e. The van der Waals surface area contributed by atoms with Crippen LogP contribution in [0, 0.1) is 0 Å². The van der Waals surface area contributed by atoms with E-state index in [1.165, 1.54) is 17.1 Å². The highest BCUT2D eigenvalue weighted by Crippen LogP contribution is 2.27. The molecule has 0 spiro atoms. The van der Waals surface area contributed by atoms with Gasteiger partial charge in [-0.05, 0) is 24.6 Å². The summed E-state index contributed by atoms with van der Waals surface area (Å²) in [6.45, 7) is 4.13. The fourth-order valence-electron chi connectivity index (χ4n) is 2.35. The van der Waals surface area contributed by atoms with Crippen molar-refractivity contribution in [3.8, 4) is 0 Å². The van der Waals surface area contributed by atoms with Crippen molar-refractivity contribution in [1.29, 1.82) is 0 Å². The van der Waals surface area contributed by atoms with Crippen LogP contribution in [-0.4, -0.2) is 35.5 Å². The van der Waals surface area contributed by atoms with Gasteiger partial charge in [0.2, 0.25) is 0 Å². The van der Waals surface area contributed by atoms with Gasteiger partial charge in [-0.2, -0.15) is 11.8 Å². The van der Waals surface area contributed by atoms with E-state index in [1.807, 2.05) is 11.8 Å². The Balaban J connectivity index is 2.17. The molecule has 94 valence electrons. The quantitative estimate of drug-likeness (QED) is 0.930. The first-order valence-corrected chi connectivity index (χ1v) is 7.96. The maximum absolute atomic E-state index is 5.98. The highest BCUT2D eigenvalue weighted by Gasteiger charge is 2.26. The zero-order valence-electron chi connectivity index (χ0n) is 10.1. The van der Waals surface area contributed by atoms with Crippen molar-refractivity contribution in [2.75, 3.05) is 24.6 Å². The second-order valence-electron chi connectivity index (χ2n) is 4.46. The van der Waals surface area contributed by atoms with E-state index in [1.54, 1.807) is 0 Å². The predicted molar refractivity (Wildman–Crippen MR) is 79.4 cm³/mol. The summed E-state index contributed by atoms with van der Waals surface area (Å²) >= 11 is 5.52. The highest BCUT2D eigenvalue weighted by molar-refractivity contribution is 9.10. The number of hydrogen-bond acceptors (Lipinski definition) is 3. The van der Waals surface area contributed by atoms with Crippen LogP contribution in [-0.2, 0) is 0 Å². The van der Waals surface area contributed by atoms with Gasteiger partial charge in [0.25, 0.3) is 0 Å². The first-order chi connectivity index (χ1) is 8.22. The van der Waals surface area contributed by atoms with E-state index in [0.717, 1.165) is 11.0 Å². The van der Waals surface area contributed by atoms with Crippen molar-refractivity contribution in [2.24, 2.45) is 5.73 Å². The van der Waals surface area contributed by atoms with Gasteiger partial charge in [-0.25, -0.2) is 0 Å². The predicted octanol–water partition coefficient (Wildman–Crippen LogP) is 2.89. The lowest BCUT2D eigenvalue weighted by molar-refractivity contribution is 0.166. The number of nitrogens with two attached hydrogens (primary N) is 1. The van der Waals surface area contributed by atoms with E-state index in [0.29, 0.717) is 18.6 Å². The average molecular weight is 315 g/mol. The van der Waals surface area contributed by atoms with Crippen LogP contribution in [0.2, 0.25) is 0 Å². The van der Waals surface area contributed by atoms with Gasteiger partial charge in [0.15, 0.2) is 0 Å². The van der Waals surface area contributed by atoms with Crippen LogP contribution in [0.25, 0.3) is 0 Å². The van der Waals surface area contributed by atoms with Crippen molar-refractivity contribution in [3.63, 3.8) is 0 Å². The Labute approximate surface area is 116 Å². The molecule has 1 aromatic rings. The zero-order chi connectivity index (χ0) is 12.3. The smallest absolute Gasteiger partial charge is 0.0473 e. The molecule has 1 fully saturated rings. The average Bonchev–Trinajstić information content (AvgIpc) is 2.35. The second-order valence-corrected chi connectivity index (χ2v) is 6.53. The van der Waals surface area contributed by atoms with Gasteiger partial charge in [0.05, 0.1) is 0 Å². The fourth-order valence-corrected chi connectivity index (χ4v) is 3.65. The van der Waals surface area contributed by atoms with Crippen LogP contribution >= 0.6 is 27.7 Å². The van der Waals surface area contributed by atoms with Crippen molar-refractivity contribution < 1.29 is 0 Å². The molecule has 1 saturated heterocycles. The molecule has 1 aliphatic rings. The van der Waals surface area contributed by atoms with Crippen molar-refractivity contribution in [3.05, 3.63) is 34.3 Å². The van der Waals surface area contributed by atoms with Crippen molar-refractivity contribution in [1.82, 2.24) is 4.90 Å². The first-order valence-electron chi connectivity index (χ1n) is 6.01. The van der Waals surface area contributed by atoms with E-state index >= 15 is 0 Å². The standard InChI is InChI=1S/C13H19BrN2S/c1-10-9-17-7-6-16(10)13(8-15)11-2-4-12(14)5-3-11/h2-5,10,13H,6-9,15H2,1H3. The molecule has 0 aromatic heterocycles. The molecule has 1 aromatic carbocycles. The number of hydrogen-bond donors (Lipinski definition) is 1. The molecule has 2 atom stereocenters. The Morgan fingerprint density at radius 2 is 2.18 bits per heavy atom. The van der Waals surface area contributed by atoms with E-state index in [-0.39, 0.29) is 0 Å².